The highest BCUT2D eigenvalue weighted by atomic mass is 14.3. The van der Waals surface area contributed by atoms with E-state index in [1.165, 1.54) is 90.3 Å². The first-order chi connectivity index (χ1) is 11.7. The Labute approximate surface area is 147 Å². The second kappa shape index (κ2) is 7.83. The first kappa shape index (κ1) is 17.0. The van der Waals surface area contributed by atoms with Crippen LogP contribution in [-0.2, 0) is 12.8 Å². The summed E-state index contributed by atoms with van der Waals surface area (Å²) in [6.07, 6.45) is 10.2. The van der Waals surface area contributed by atoms with E-state index in [-0.39, 0.29) is 0 Å². The molecule has 0 heterocycles. The first-order valence-corrected chi connectivity index (χ1v) is 9.70. The van der Waals surface area contributed by atoms with Gasteiger partial charge in [-0.1, -0.05) is 82.5 Å². The van der Waals surface area contributed by atoms with Gasteiger partial charge in [0.25, 0.3) is 0 Å². The van der Waals surface area contributed by atoms with Crippen molar-refractivity contribution in [1.82, 2.24) is 0 Å². The van der Waals surface area contributed by atoms with Gasteiger partial charge < -0.3 is 0 Å². The minimum atomic E-state index is 1.19. The molecule has 2 aromatic carbocycles. The highest BCUT2D eigenvalue weighted by Gasteiger charge is 2.22. The predicted octanol–water partition coefficient (Wildman–Crippen LogP) is 7.19. The molecule has 0 fully saturated rings. The van der Waals surface area contributed by atoms with Gasteiger partial charge in [0.2, 0.25) is 0 Å². The standard InChI is InChI=1S/C24H30/c1-4-6-8-10-19-12-14-21-22-15-13-20(11-9-7-5-2)17-24(22)18(3)23(21)16-19/h12-17H,3-11H2,1-2H3. The van der Waals surface area contributed by atoms with Gasteiger partial charge in [-0.2, -0.15) is 0 Å². The zero-order chi connectivity index (χ0) is 16.9. The molecule has 0 bridgehead atoms. The van der Waals surface area contributed by atoms with E-state index in [0.717, 1.165) is 0 Å². The zero-order valence-electron chi connectivity index (χ0n) is 15.3. The smallest absolute Gasteiger partial charge is 0.00990 e. The summed E-state index contributed by atoms with van der Waals surface area (Å²) in [5.41, 5.74) is 9.58. The van der Waals surface area contributed by atoms with Crippen LogP contribution in [0.25, 0.3) is 16.7 Å². The van der Waals surface area contributed by atoms with Crippen LogP contribution in [0.4, 0.5) is 0 Å². The van der Waals surface area contributed by atoms with Crippen molar-refractivity contribution in [3.8, 4) is 11.1 Å². The number of aryl methyl sites for hydroxylation is 2. The van der Waals surface area contributed by atoms with E-state index in [1.807, 2.05) is 0 Å². The average Bonchev–Trinajstić information content (AvgIpc) is 2.88. The van der Waals surface area contributed by atoms with Crippen LogP contribution in [0.5, 0.6) is 0 Å². The molecule has 0 atom stereocenters. The molecule has 0 aromatic heterocycles. The molecule has 0 aliphatic heterocycles. The second-order valence-electron chi connectivity index (χ2n) is 7.15. The molecule has 0 spiro atoms. The van der Waals surface area contributed by atoms with Crippen molar-refractivity contribution < 1.29 is 0 Å². The Kier molecular flexibility index (Phi) is 5.56. The van der Waals surface area contributed by atoms with Crippen LogP contribution in [0, 0.1) is 0 Å². The lowest BCUT2D eigenvalue weighted by Crippen LogP contribution is -1.88. The van der Waals surface area contributed by atoms with Crippen molar-refractivity contribution in [2.24, 2.45) is 0 Å². The van der Waals surface area contributed by atoms with Gasteiger partial charge in [-0.05, 0) is 64.6 Å². The number of fused-ring (bicyclic) bond motifs is 3. The van der Waals surface area contributed by atoms with Crippen molar-refractivity contribution >= 4 is 5.57 Å². The van der Waals surface area contributed by atoms with E-state index < -0.39 is 0 Å². The van der Waals surface area contributed by atoms with Crippen LogP contribution < -0.4 is 0 Å². The molecule has 0 unspecified atom stereocenters. The van der Waals surface area contributed by atoms with Crippen LogP contribution in [0.15, 0.2) is 43.0 Å². The number of rotatable bonds is 8. The molecule has 0 saturated heterocycles. The minimum absolute atomic E-state index is 1.19. The summed E-state index contributed by atoms with van der Waals surface area (Å²) in [4.78, 5) is 0. The number of hydrogen-bond donors (Lipinski definition) is 0. The Morgan fingerprint density at radius 2 is 1.08 bits per heavy atom. The maximum absolute atomic E-state index is 4.41. The first-order valence-electron chi connectivity index (χ1n) is 9.70. The molecule has 1 aliphatic carbocycles. The van der Waals surface area contributed by atoms with Crippen molar-refractivity contribution in [3.05, 3.63) is 65.2 Å². The third-order valence-electron chi connectivity index (χ3n) is 5.25. The molecule has 3 rings (SSSR count). The normalized spacial score (nSPS) is 12.3. The Balaban J connectivity index is 1.81. The van der Waals surface area contributed by atoms with E-state index in [2.05, 4.69) is 56.8 Å². The van der Waals surface area contributed by atoms with Crippen molar-refractivity contribution in [2.75, 3.05) is 0 Å². The topological polar surface area (TPSA) is 0 Å². The Morgan fingerprint density at radius 3 is 1.50 bits per heavy atom. The molecule has 0 saturated carbocycles. The second-order valence-corrected chi connectivity index (χ2v) is 7.15. The van der Waals surface area contributed by atoms with Gasteiger partial charge in [-0.15, -0.1) is 0 Å². The Morgan fingerprint density at radius 1 is 0.625 bits per heavy atom. The van der Waals surface area contributed by atoms with Crippen molar-refractivity contribution in [1.29, 1.82) is 0 Å². The minimum Gasteiger partial charge on any atom is -0.0905 e. The molecule has 1 aliphatic rings. The highest BCUT2D eigenvalue weighted by molar-refractivity contribution is 6.00. The van der Waals surface area contributed by atoms with Crippen molar-refractivity contribution in [2.45, 2.75) is 65.2 Å². The maximum Gasteiger partial charge on any atom is -0.00990 e. The van der Waals surface area contributed by atoms with E-state index in [4.69, 9.17) is 0 Å². The van der Waals surface area contributed by atoms with Crippen LogP contribution in [0.3, 0.4) is 0 Å². The highest BCUT2D eigenvalue weighted by Crippen LogP contribution is 2.44. The fraction of sp³-hybridized carbons (Fsp3) is 0.417. The third-order valence-corrected chi connectivity index (χ3v) is 5.25. The van der Waals surface area contributed by atoms with Crippen LogP contribution in [0.1, 0.15) is 74.6 Å². The van der Waals surface area contributed by atoms with E-state index >= 15 is 0 Å². The van der Waals surface area contributed by atoms with Crippen LogP contribution in [0.2, 0.25) is 0 Å². The molecule has 126 valence electrons. The lowest BCUT2D eigenvalue weighted by molar-refractivity contribution is 0.717. The fourth-order valence-electron chi connectivity index (χ4n) is 3.77. The maximum atomic E-state index is 4.41. The zero-order valence-corrected chi connectivity index (χ0v) is 15.3. The Hall–Kier alpha value is -1.82. The molecule has 0 radical (unpaired) electrons. The SMILES string of the molecule is C=C1c2cc(CCCCC)ccc2-c2ccc(CCCCC)cc21. The summed E-state index contributed by atoms with van der Waals surface area (Å²) in [6, 6.07) is 14.0. The van der Waals surface area contributed by atoms with Gasteiger partial charge in [-0.3, -0.25) is 0 Å². The molecule has 0 N–H and O–H groups in total. The van der Waals surface area contributed by atoms with Gasteiger partial charge in [0.1, 0.15) is 0 Å². The predicted molar refractivity (Wildman–Crippen MR) is 106 cm³/mol. The van der Waals surface area contributed by atoms with Gasteiger partial charge >= 0.3 is 0 Å². The summed E-state index contributed by atoms with van der Waals surface area (Å²) < 4.78 is 0. The molecule has 0 heteroatoms. The van der Waals surface area contributed by atoms with Gasteiger partial charge in [0, 0.05) is 0 Å². The molecule has 2 aromatic rings. The lowest BCUT2D eigenvalue weighted by Gasteiger charge is -2.05. The summed E-state index contributed by atoms with van der Waals surface area (Å²) in [5.74, 6) is 0. The van der Waals surface area contributed by atoms with Crippen LogP contribution >= 0.6 is 0 Å². The molecule has 0 nitrogen and oxygen atoms in total. The van der Waals surface area contributed by atoms with Gasteiger partial charge in [-0.25, -0.2) is 0 Å². The third kappa shape index (κ3) is 3.48. The fourth-order valence-corrected chi connectivity index (χ4v) is 3.77. The molecular weight excluding hydrogens is 288 g/mol. The van der Waals surface area contributed by atoms with E-state index in [9.17, 15) is 0 Å². The van der Waals surface area contributed by atoms with Gasteiger partial charge in [0.05, 0.1) is 0 Å². The van der Waals surface area contributed by atoms with E-state index in [1.54, 1.807) is 0 Å². The van der Waals surface area contributed by atoms with E-state index in [0.29, 0.717) is 0 Å². The summed E-state index contributed by atoms with van der Waals surface area (Å²) in [5, 5.41) is 0. The monoisotopic (exact) mass is 318 g/mol. The molecular formula is C24H30. The van der Waals surface area contributed by atoms with Gasteiger partial charge in [0.15, 0.2) is 0 Å². The summed E-state index contributed by atoms with van der Waals surface area (Å²) in [7, 11) is 0. The lowest BCUT2D eigenvalue weighted by atomic mass is 9.99. The Bertz CT molecular complexity index is 659. The number of benzene rings is 2. The number of unbranched alkanes of at least 4 members (excludes halogenated alkanes) is 4. The van der Waals surface area contributed by atoms with Crippen molar-refractivity contribution in [3.63, 3.8) is 0 Å². The number of hydrogen-bond acceptors (Lipinski definition) is 0. The molecule has 0 amide bonds. The average molecular weight is 319 g/mol. The van der Waals surface area contributed by atoms with Crippen LogP contribution in [-0.4, -0.2) is 0 Å². The largest absolute Gasteiger partial charge is 0.0905 e. The summed E-state index contributed by atoms with van der Waals surface area (Å²) >= 11 is 0. The quantitative estimate of drug-likeness (QED) is 0.385. The molecule has 24 heavy (non-hydrogen) atoms. The summed E-state index contributed by atoms with van der Waals surface area (Å²) in [6.45, 7) is 8.94.